The highest BCUT2D eigenvalue weighted by atomic mass is 79.9. The van der Waals surface area contributed by atoms with Crippen LogP contribution in [-0.2, 0) is 0 Å². The van der Waals surface area contributed by atoms with Crippen LogP contribution < -0.4 is 0 Å². The molecule has 0 nitrogen and oxygen atoms in total. The number of hydrogen-bond acceptors (Lipinski definition) is 0. The van der Waals surface area contributed by atoms with Crippen LogP contribution in [0, 0.1) is 0 Å². The van der Waals surface area contributed by atoms with Crippen molar-refractivity contribution in [3.05, 3.63) is 53.0 Å². The van der Waals surface area contributed by atoms with E-state index in [9.17, 15) is 0 Å². The zero-order valence-corrected chi connectivity index (χ0v) is 8.64. The van der Waals surface area contributed by atoms with Gasteiger partial charge in [-0.15, -0.1) is 0 Å². The monoisotopic (exact) mass is 222 g/mol. The molecule has 1 rings (SSSR count). The Morgan fingerprint density at radius 1 is 1.50 bits per heavy atom. The molecule has 0 unspecified atom stereocenters. The fourth-order valence-electron chi connectivity index (χ4n) is 1.07. The molecule has 0 saturated carbocycles. The molecular weight excluding hydrogens is 212 g/mol. The van der Waals surface area contributed by atoms with Crippen LogP contribution in [0.3, 0.4) is 0 Å². The lowest BCUT2D eigenvalue weighted by atomic mass is 10.1. The van der Waals surface area contributed by atoms with E-state index in [4.69, 9.17) is 0 Å². The number of hydrogen-bond donors (Lipinski definition) is 0. The van der Waals surface area contributed by atoms with Gasteiger partial charge in [-0.1, -0.05) is 46.8 Å². The zero-order chi connectivity index (χ0) is 8.97. The van der Waals surface area contributed by atoms with Crippen LogP contribution in [0.25, 0.3) is 5.57 Å². The first kappa shape index (κ1) is 9.27. The summed E-state index contributed by atoms with van der Waals surface area (Å²) in [6, 6.07) is 8.19. The van der Waals surface area contributed by atoms with E-state index in [0.29, 0.717) is 0 Å². The van der Waals surface area contributed by atoms with Crippen molar-refractivity contribution in [3.63, 3.8) is 0 Å². The first-order chi connectivity index (χ1) is 5.77. The predicted molar refractivity (Wildman–Crippen MR) is 58.0 cm³/mol. The fourth-order valence-corrected chi connectivity index (χ4v) is 1.47. The molecule has 0 fully saturated rings. The van der Waals surface area contributed by atoms with Crippen LogP contribution in [0.5, 0.6) is 0 Å². The second-order valence-corrected chi connectivity index (χ2v) is 3.37. The van der Waals surface area contributed by atoms with Crippen molar-refractivity contribution in [1.82, 2.24) is 0 Å². The molecule has 0 aromatic heterocycles. The quantitative estimate of drug-likeness (QED) is 0.663. The van der Waals surface area contributed by atoms with Crippen molar-refractivity contribution in [2.75, 3.05) is 0 Å². The van der Waals surface area contributed by atoms with Crippen LogP contribution in [0.4, 0.5) is 0 Å². The molecule has 0 spiro atoms. The normalized spacial score (nSPS) is 11.3. The van der Waals surface area contributed by atoms with Crippen LogP contribution in [0.15, 0.2) is 47.5 Å². The van der Waals surface area contributed by atoms with Gasteiger partial charge in [0.2, 0.25) is 0 Å². The van der Waals surface area contributed by atoms with Crippen LogP contribution >= 0.6 is 15.9 Å². The first-order valence-electron chi connectivity index (χ1n) is 3.82. The van der Waals surface area contributed by atoms with Crippen molar-refractivity contribution in [2.24, 2.45) is 0 Å². The average molecular weight is 223 g/mol. The Hall–Kier alpha value is -0.820. The lowest BCUT2D eigenvalue weighted by Crippen LogP contribution is -1.78. The van der Waals surface area contributed by atoms with Gasteiger partial charge in [0.25, 0.3) is 0 Å². The Bertz CT molecular complexity index is 311. The molecular formula is C11H11Br. The maximum absolute atomic E-state index is 3.75. The van der Waals surface area contributed by atoms with E-state index in [1.54, 1.807) is 0 Å². The molecule has 12 heavy (non-hydrogen) atoms. The van der Waals surface area contributed by atoms with E-state index in [1.165, 1.54) is 5.56 Å². The van der Waals surface area contributed by atoms with Crippen molar-refractivity contribution < 1.29 is 0 Å². The fraction of sp³-hybridized carbons (Fsp3) is 0.0909. The summed E-state index contributed by atoms with van der Waals surface area (Å²) in [5, 5.41) is 0. The molecule has 0 radical (unpaired) electrons. The lowest BCUT2D eigenvalue weighted by Gasteiger charge is -2.01. The van der Waals surface area contributed by atoms with E-state index >= 15 is 0 Å². The summed E-state index contributed by atoms with van der Waals surface area (Å²) in [7, 11) is 0. The zero-order valence-electron chi connectivity index (χ0n) is 7.05. The third kappa shape index (κ3) is 2.08. The van der Waals surface area contributed by atoms with Crippen LogP contribution in [-0.4, -0.2) is 0 Å². The second-order valence-electron chi connectivity index (χ2n) is 2.46. The van der Waals surface area contributed by atoms with Crippen molar-refractivity contribution >= 4 is 21.5 Å². The summed E-state index contributed by atoms with van der Waals surface area (Å²) < 4.78 is 1.10. The maximum Gasteiger partial charge on any atom is 0.0181 e. The Labute approximate surface area is 81.7 Å². The van der Waals surface area contributed by atoms with E-state index in [2.05, 4.69) is 40.7 Å². The van der Waals surface area contributed by atoms with Gasteiger partial charge in [-0.05, 0) is 30.2 Å². The highest BCUT2D eigenvalue weighted by molar-refractivity contribution is 9.10. The molecule has 0 amide bonds. The summed E-state index contributed by atoms with van der Waals surface area (Å²) in [5.74, 6) is 0. The summed E-state index contributed by atoms with van der Waals surface area (Å²) >= 11 is 3.43. The van der Waals surface area contributed by atoms with Crippen molar-refractivity contribution in [2.45, 2.75) is 6.92 Å². The topological polar surface area (TPSA) is 0 Å². The van der Waals surface area contributed by atoms with Crippen molar-refractivity contribution in [3.8, 4) is 0 Å². The number of halogens is 1. The molecule has 0 saturated heterocycles. The number of benzene rings is 1. The smallest absolute Gasteiger partial charge is 0.0181 e. The Morgan fingerprint density at radius 2 is 2.25 bits per heavy atom. The molecule has 0 aliphatic rings. The van der Waals surface area contributed by atoms with Gasteiger partial charge in [-0.2, -0.15) is 0 Å². The van der Waals surface area contributed by atoms with Gasteiger partial charge in [0, 0.05) is 4.47 Å². The molecule has 0 bridgehead atoms. The number of allylic oxidation sites excluding steroid dienone is 3. The van der Waals surface area contributed by atoms with Gasteiger partial charge in [0.1, 0.15) is 0 Å². The third-order valence-corrected chi connectivity index (χ3v) is 2.18. The largest absolute Gasteiger partial charge is 0.0985 e. The Morgan fingerprint density at radius 3 is 2.75 bits per heavy atom. The Kier molecular flexibility index (Phi) is 3.30. The first-order valence-corrected chi connectivity index (χ1v) is 4.62. The molecule has 0 N–H and O–H groups in total. The summed E-state index contributed by atoms with van der Waals surface area (Å²) in [5.41, 5.74) is 2.36. The minimum absolute atomic E-state index is 1.10. The lowest BCUT2D eigenvalue weighted by molar-refractivity contribution is 1.57. The average Bonchev–Trinajstić information content (AvgIpc) is 2.07. The standard InChI is InChI=1S/C11H11Br/c1-3-9(4-2)10-6-5-7-11(12)8-10/h3-8H,1H2,2H3/b9-4+. The van der Waals surface area contributed by atoms with Crippen molar-refractivity contribution in [1.29, 1.82) is 0 Å². The van der Waals surface area contributed by atoms with E-state index in [-0.39, 0.29) is 0 Å². The van der Waals surface area contributed by atoms with E-state index in [0.717, 1.165) is 10.0 Å². The van der Waals surface area contributed by atoms with E-state index in [1.807, 2.05) is 25.1 Å². The molecule has 0 heterocycles. The van der Waals surface area contributed by atoms with Crippen LogP contribution in [0.2, 0.25) is 0 Å². The summed E-state index contributed by atoms with van der Waals surface area (Å²) in [6.07, 6.45) is 3.91. The molecule has 1 heteroatoms. The highest BCUT2D eigenvalue weighted by Crippen LogP contribution is 2.19. The van der Waals surface area contributed by atoms with E-state index < -0.39 is 0 Å². The number of rotatable bonds is 2. The van der Waals surface area contributed by atoms with Gasteiger partial charge >= 0.3 is 0 Å². The van der Waals surface area contributed by atoms with Crippen LogP contribution in [0.1, 0.15) is 12.5 Å². The van der Waals surface area contributed by atoms with Gasteiger partial charge < -0.3 is 0 Å². The molecule has 1 aromatic carbocycles. The summed E-state index contributed by atoms with van der Waals surface area (Å²) in [6.45, 7) is 5.77. The second kappa shape index (κ2) is 4.27. The van der Waals surface area contributed by atoms with Gasteiger partial charge in [0.15, 0.2) is 0 Å². The van der Waals surface area contributed by atoms with Gasteiger partial charge in [0.05, 0.1) is 0 Å². The SMILES string of the molecule is C=C/C(=C\C)c1cccc(Br)c1. The molecule has 0 atom stereocenters. The highest BCUT2D eigenvalue weighted by Gasteiger charge is 1.95. The van der Waals surface area contributed by atoms with Gasteiger partial charge in [-0.25, -0.2) is 0 Å². The molecule has 0 aliphatic carbocycles. The minimum Gasteiger partial charge on any atom is -0.0985 e. The molecule has 62 valence electrons. The molecule has 0 aliphatic heterocycles. The minimum atomic E-state index is 1.10. The Balaban J connectivity index is 3.10. The summed E-state index contributed by atoms with van der Waals surface area (Å²) in [4.78, 5) is 0. The third-order valence-electron chi connectivity index (χ3n) is 1.69. The predicted octanol–water partition coefficient (Wildman–Crippen LogP) is 4.04. The molecule has 1 aromatic rings. The van der Waals surface area contributed by atoms with Gasteiger partial charge in [-0.3, -0.25) is 0 Å². The maximum atomic E-state index is 3.75.